The van der Waals surface area contributed by atoms with Gasteiger partial charge in [-0.25, -0.2) is 14.5 Å². The number of hydrogen-bond donors (Lipinski definition) is 1. The van der Waals surface area contributed by atoms with Gasteiger partial charge in [-0.3, -0.25) is 4.98 Å². The summed E-state index contributed by atoms with van der Waals surface area (Å²) in [6.45, 7) is 5.73. The number of nitrogens with one attached hydrogen (secondary N) is 1. The third-order valence-electron chi connectivity index (χ3n) is 4.72. The van der Waals surface area contributed by atoms with E-state index in [-0.39, 0.29) is 6.03 Å². The number of amides is 2. The lowest BCUT2D eigenvalue weighted by Crippen LogP contribution is -2.44. The zero-order valence-electron chi connectivity index (χ0n) is 14.9. The van der Waals surface area contributed by atoms with Crippen molar-refractivity contribution in [3.63, 3.8) is 0 Å². The Hall–Kier alpha value is -2.64. The molecule has 134 valence electrons. The van der Waals surface area contributed by atoms with Crippen LogP contribution in [0.4, 0.5) is 4.79 Å². The number of piperidine rings is 1. The van der Waals surface area contributed by atoms with Gasteiger partial charge in [0.25, 0.3) is 0 Å². The van der Waals surface area contributed by atoms with E-state index in [1.807, 2.05) is 23.4 Å². The maximum absolute atomic E-state index is 12.4. The summed E-state index contributed by atoms with van der Waals surface area (Å²) >= 11 is 0. The molecule has 0 aliphatic carbocycles. The summed E-state index contributed by atoms with van der Waals surface area (Å²) in [4.78, 5) is 22.7. The van der Waals surface area contributed by atoms with E-state index in [4.69, 9.17) is 4.74 Å². The van der Waals surface area contributed by atoms with Gasteiger partial charge in [-0.2, -0.15) is 5.10 Å². The van der Waals surface area contributed by atoms with Crippen LogP contribution in [0.5, 0.6) is 5.75 Å². The second-order valence-corrected chi connectivity index (χ2v) is 6.30. The van der Waals surface area contributed by atoms with Crippen molar-refractivity contribution in [1.29, 1.82) is 0 Å². The molecule has 0 spiro atoms. The van der Waals surface area contributed by atoms with Crippen LogP contribution in [0, 0.1) is 13.8 Å². The Kier molecular flexibility index (Phi) is 5.16. The molecule has 8 nitrogen and oxygen atoms in total. The number of ether oxygens (including phenoxy) is 1. The molecular formula is C17H24N6O2. The normalized spacial score (nSPS) is 15.2. The van der Waals surface area contributed by atoms with Crippen molar-refractivity contribution >= 4 is 6.03 Å². The first-order valence-electron chi connectivity index (χ1n) is 8.46. The molecule has 1 fully saturated rings. The Labute approximate surface area is 147 Å². The van der Waals surface area contributed by atoms with Crippen molar-refractivity contribution in [2.24, 2.45) is 0 Å². The van der Waals surface area contributed by atoms with Crippen LogP contribution >= 0.6 is 0 Å². The summed E-state index contributed by atoms with van der Waals surface area (Å²) in [5, 5.41) is 7.15. The van der Waals surface area contributed by atoms with Crippen molar-refractivity contribution in [3.8, 4) is 5.75 Å². The minimum atomic E-state index is -0.0576. The summed E-state index contributed by atoms with van der Waals surface area (Å²) in [6.07, 6.45) is 6.82. The van der Waals surface area contributed by atoms with Gasteiger partial charge in [0.2, 0.25) is 0 Å². The molecule has 0 aromatic carbocycles. The fourth-order valence-electron chi connectivity index (χ4n) is 3.26. The van der Waals surface area contributed by atoms with Crippen molar-refractivity contribution in [2.45, 2.75) is 39.3 Å². The van der Waals surface area contributed by atoms with Crippen LogP contribution in [0.3, 0.4) is 0 Å². The second kappa shape index (κ2) is 7.50. The topological polar surface area (TPSA) is 85.2 Å². The van der Waals surface area contributed by atoms with Gasteiger partial charge in [0.05, 0.1) is 25.4 Å². The summed E-state index contributed by atoms with van der Waals surface area (Å²) in [6, 6.07) is 0.259. The van der Waals surface area contributed by atoms with Crippen LogP contribution in [-0.4, -0.2) is 50.9 Å². The molecule has 3 rings (SSSR count). The highest BCUT2D eigenvalue weighted by Gasteiger charge is 2.24. The maximum Gasteiger partial charge on any atom is 0.317 e. The molecule has 2 aromatic rings. The lowest BCUT2D eigenvalue weighted by atomic mass is 10.1. The van der Waals surface area contributed by atoms with E-state index in [0.29, 0.717) is 25.7 Å². The van der Waals surface area contributed by atoms with Gasteiger partial charge >= 0.3 is 6.03 Å². The fraction of sp³-hybridized carbons (Fsp3) is 0.529. The van der Waals surface area contributed by atoms with Crippen molar-refractivity contribution in [3.05, 3.63) is 35.7 Å². The average molecular weight is 344 g/mol. The number of hydrogen-bond acceptors (Lipinski definition) is 5. The lowest BCUT2D eigenvalue weighted by Gasteiger charge is -2.31. The largest absolute Gasteiger partial charge is 0.496 e. The van der Waals surface area contributed by atoms with E-state index in [0.717, 1.165) is 35.4 Å². The number of carbonyl (C=O) groups excluding carboxylic acids is 1. The molecule has 1 aliphatic heterocycles. The van der Waals surface area contributed by atoms with Crippen molar-refractivity contribution < 1.29 is 9.53 Å². The first-order valence-corrected chi connectivity index (χ1v) is 8.46. The Bertz CT molecular complexity index is 723. The number of nitrogens with zero attached hydrogens (tertiary/aromatic N) is 5. The SMILES string of the molecule is COc1c(C)cnc(CNC(=O)N2CCC(n3cncn3)CC2)c1C. The Morgan fingerprint density at radius 3 is 2.76 bits per heavy atom. The summed E-state index contributed by atoms with van der Waals surface area (Å²) in [5.41, 5.74) is 2.78. The van der Waals surface area contributed by atoms with Crippen LogP contribution in [-0.2, 0) is 6.54 Å². The molecule has 3 heterocycles. The molecule has 2 amide bonds. The van der Waals surface area contributed by atoms with Crippen LogP contribution in [0.15, 0.2) is 18.9 Å². The van der Waals surface area contributed by atoms with E-state index >= 15 is 0 Å². The van der Waals surface area contributed by atoms with Crippen molar-refractivity contribution in [2.75, 3.05) is 20.2 Å². The second-order valence-electron chi connectivity index (χ2n) is 6.30. The molecule has 25 heavy (non-hydrogen) atoms. The number of urea groups is 1. The molecule has 1 saturated heterocycles. The maximum atomic E-state index is 12.4. The molecule has 0 bridgehead atoms. The van der Waals surface area contributed by atoms with Gasteiger partial charge in [-0.05, 0) is 26.7 Å². The molecule has 0 unspecified atom stereocenters. The van der Waals surface area contributed by atoms with Crippen LogP contribution in [0.25, 0.3) is 0 Å². The highest BCUT2D eigenvalue weighted by molar-refractivity contribution is 5.74. The highest BCUT2D eigenvalue weighted by Crippen LogP contribution is 2.24. The molecule has 2 aromatic heterocycles. The van der Waals surface area contributed by atoms with Gasteiger partial charge in [-0.1, -0.05) is 0 Å². The fourth-order valence-corrected chi connectivity index (χ4v) is 3.26. The molecular weight excluding hydrogens is 320 g/mol. The quantitative estimate of drug-likeness (QED) is 0.915. The first kappa shape index (κ1) is 17.2. The predicted molar refractivity (Wildman–Crippen MR) is 92.4 cm³/mol. The summed E-state index contributed by atoms with van der Waals surface area (Å²) in [5.74, 6) is 0.827. The van der Waals surface area contributed by atoms with Gasteiger partial charge < -0.3 is 15.0 Å². The van der Waals surface area contributed by atoms with E-state index in [1.165, 1.54) is 0 Å². The number of aryl methyl sites for hydroxylation is 1. The number of aromatic nitrogens is 4. The molecule has 1 N–H and O–H groups in total. The Balaban J connectivity index is 1.54. The van der Waals surface area contributed by atoms with Gasteiger partial charge in [0.1, 0.15) is 18.4 Å². The smallest absolute Gasteiger partial charge is 0.317 e. The van der Waals surface area contributed by atoms with E-state index < -0.39 is 0 Å². The minimum Gasteiger partial charge on any atom is -0.496 e. The Morgan fingerprint density at radius 2 is 2.12 bits per heavy atom. The van der Waals surface area contributed by atoms with Gasteiger partial charge in [-0.15, -0.1) is 0 Å². The highest BCUT2D eigenvalue weighted by atomic mass is 16.5. The van der Waals surface area contributed by atoms with Crippen molar-refractivity contribution in [1.82, 2.24) is 30.0 Å². The third kappa shape index (κ3) is 3.72. The minimum absolute atomic E-state index is 0.0576. The molecule has 1 aliphatic rings. The van der Waals surface area contributed by atoms with Gasteiger partial charge in [0, 0.05) is 30.4 Å². The van der Waals surface area contributed by atoms with E-state index in [1.54, 1.807) is 26.0 Å². The number of likely N-dealkylation sites (tertiary alicyclic amines) is 1. The van der Waals surface area contributed by atoms with E-state index in [2.05, 4.69) is 20.4 Å². The Morgan fingerprint density at radius 1 is 1.36 bits per heavy atom. The molecule has 0 saturated carbocycles. The third-order valence-corrected chi connectivity index (χ3v) is 4.72. The zero-order chi connectivity index (χ0) is 17.8. The molecule has 0 atom stereocenters. The predicted octanol–water partition coefficient (Wildman–Crippen LogP) is 1.85. The number of rotatable bonds is 4. The first-order chi connectivity index (χ1) is 12.1. The van der Waals surface area contributed by atoms with Crippen LogP contribution in [0.1, 0.15) is 35.7 Å². The number of carbonyl (C=O) groups is 1. The monoisotopic (exact) mass is 344 g/mol. The summed E-state index contributed by atoms with van der Waals surface area (Å²) < 4.78 is 7.29. The zero-order valence-corrected chi connectivity index (χ0v) is 14.9. The standard InChI is InChI=1S/C17H24N6O2/c1-12-8-19-15(13(2)16(12)25-3)9-20-17(24)22-6-4-14(5-7-22)23-11-18-10-21-23/h8,10-11,14H,4-7,9H2,1-3H3,(H,20,24). The lowest BCUT2D eigenvalue weighted by molar-refractivity contribution is 0.168. The van der Waals surface area contributed by atoms with Crippen LogP contribution < -0.4 is 10.1 Å². The number of pyridine rings is 1. The number of methoxy groups -OCH3 is 1. The van der Waals surface area contributed by atoms with E-state index in [9.17, 15) is 4.79 Å². The van der Waals surface area contributed by atoms with Gasteiger partial charge in [0.15, 0.2) is 0 Å². The summed E-state index contributed by atoms with van der Waals surface area (Å²) in [7, 11) is 1.65. The van der Waals surface area contributed by atoms with Crippen LogP contribution in [0.2, 0.25) is 0 Å². The molecule has 8 heteroatoms. The molecule has 0 radical (unpaired) electrons. The average Bonchev–Trinajstić information content (AvgIpc) is 3.16.